The molecule has 0 N–H and O–H groups in total. The van der Waals surface area contributed by atoms with Crippen LogP contribution in [-0.4, -0.2) is 58.5 Å². The third kappa shape index (κ3) is 2.23. The van der Waals surface area contributed by atoms with Crippen LogP contribution in [0, 0.1) is 5.92 Å². The highest BCUT2D eigenvalue weighted by Gasteiger charge is 3.14. The van der Waals surface area contributed by atoms with E-state index < -0.39 is 83.6 Å². The number of fused-ring (bicyclic) bond motifs is 1. The second kappa shape index (κ2) is 6.57. The summed E-state index contributed by atoms with van der Waals surface area (Å²) in [6.45, 7) is 0. The highest BCUT2D eigenvalue weighted by Crippen LogP contribution is 2.81. The van der Waals surface area contributed by atoms with E-state index in [1.54, 1.807) is 0 Å². The maximum atomic E-state index is 15.6. The molecule has 3 fully saturated rings. The van der Waals surface area contributed by atoms with Crippen molar-refractivity contribution in [2.24, 2.45) is 5.92 Å². The molecule has 3 saturated carbocycles. The van der Waals surface area contributed by atoms with E-state index in [-0.39, 0.29) is 19.3 Å². The molecule has 0 aromatic rings. The monoisotopic (exact) mass is 540 g/mol. The van der Waals surface area contributed by atoms with Gasteiger partial charge >= 0.3 is 41.5 Å². The summed E-state index contributed by atoms with van der Waals surface area (Å²) in [4.78, 5) is 0. The van der Waals surface area contributed by atoms with Crippen molar-refractivity contribution in [3.8, 4) is 0 Å². The van der Waals surface area contributed by atoms with Gasteiger partial charge in [0.15, 0.2) is 0 Å². The normalized spacial score (nSPS) is 43.7. The summed E-state index contributed by atoms with van der Waals surface area (Å²) in [5.74, 6) is -58.0. The predicted octanol–water partition coefficient (Wildman–Crippen LogP) is 7.56. The summed E-state index contributed by atoms with van der Waals surface area (Å²) in [6, 6.07) is 0. The van der Waals surface area contributed by atoms with E-state index >= 15 is 13.2 Å². The Morgan fingerprint density at radius 3 is 1.09 bits per heavy atom. The molecule has 3 unspecified atom stereocenters. The van der Waals surface area contributed by atoms with Crippen molar-refractivity contribution in [3.63, 3.8) is 0 Å². The zero-order valence-corrected chi connectivity index (χ0v) is 16.2. The van der Waals surface area contributed by atoms with Gasteiger partial charge in [0.1, 0.15) is 0 Å². The lowest BCUT2D eigenvalue weighted by Gasteiger charge is -2.65. The van der Waals surface area contributed by atoms with Gasteiger partial charge in [0.2, 0.25) is 5.67 Å². The Balaban J connectivity index is 2.52. The van der Waals surface area contributed by atoms with Gasteiger partial charge in [-0.15, -0.1) is 0 Å². The molecule has 0 amide bonds. The molecule has 3 atom stereocenters. The van der Waals surface area contributed by atoms with E-state index in [0.717, 1.165) is 0 Å². The smallest absolute Gasteiger partial charge is 0.233 e. The molecule has 34 heavy (non-hydrogen) atoms. The predicted molar refractivity (Wildman–Crippen MR) is 77.3 cm³/mol. The van der Waals surface area contributed by atoms with Gasteiger partial charge in [-0.2, -0.15) is 61.5 Å². The van der Waals surface area contributed by atoms with Crippen LogP contribution in [0.1, 0.15) is 38.5 Å². The van der Waals surface area contributed by atoms with Crippen LogP contribution in [0.3, 0.4) is 0 Å². The van der Waals surface area contributed by atoms with Gasteiger partial charge in [-0.05, 0) is 12.3 Å². The molecule has 0 aliphatic heterocycles. The molecule has 3 aliphatic carbocycles. The molecule has 3 aliphatic rings. The van der Waals surface area contributed by atoms with Crippen LogP contribution in [0.15, 0.2) is 0 Å². The minimum Gasteiger partial charge on any atom is -0.233 e. The Morgan fingerprint density at radius 1 is 0.382 bits per heavy atom. The average molecular weight is 540 g/mol. The largest absolute Gasteiger partial charge is 0.382 e. The van der Waals surface area contributed by atoms with Crippen molar-refractivity contribution >= 4 is 0 Å². The number of halogens is 17. The lowest BCUT2D eigenvalue weighted by Crippen LogP contribution is -2.99. The van der Waals surface area contributed by atoms with Crippen molar-refractivity contribution in [2.45, 2.75) is 97.0 Å². The third-order valence-electron chi connectivity index (χ3n) is 7.08. The molecule has 17 heteroatoms. The van der Waals surface area contributed by atoms with Crippen molar-refractivity contribution < 1.29 is 74.6 Å². The SMILES string of the molecule is FC1(F)C(F)(F)C(F)(F)C2(F)C(F)(CC3CCCCC3)C(F)(F)C(F)(F)C(F)(F)C2(F)C1(F)F. The van der Waals surface area contributed by atoms with Crippen molar-refractivity contribution in [1.29, 1.82) is 0 Å². The van der Waals surface area contributed by atoms with Gasteiger partial charge < -0.3 is 0 Å². The molecule has 0 saturated heterocycles. The second-order valence-electron chi connectivity index (χ2n) is 8.85. The minimum absolute atomic E-state index is 0.125. The topological polar surface area (TPSA) is 0 Å². The van der Waals surface area contributed by atoms with E-state index in [4.69, 9.17) is 0 Å². The third-order valence-corrected chi connectivity index (χ3v) is 7.08. The first-order valence-electron chi connectivity index (χ1n) is 9.54. The Hall–Kier alpha value is -1.19. The highest BCUT2D eigenvalue weighted by atomic mass is 19.4. The van der Waals surface area contributed by atoms with E-state index in [9.17, 15) is 61.5 Å². The van der Waals surface area contributed by atoms with E-state index in [0.29, 0.717) is 0 Å². The first kappa shape index (κ1) is 27.4. The van der Waals surface area contributed by atoms with E-state index in [2.05, 4.69) is 0 Å². The van der Waals surface area contributed by atoms with Crippen molar-refractivity contribution in [1.82, 2.24) is 0 Å². The highest BCUT2D eigenvalue weighted by molar-refractivity contribution is 5.44. The zero-order valence-electron chi connectivity index (χ0n) is 16.2. The lowest BCUT2D eigenvalue weighted by molar-refractivity contribution is -0.548. The van der Waals surface area contributed by atoms with Crippen LogP contribution < -0.4 is 0 Å². The van der Waals surface area contributed by atoms with Crippen molar-refractivity contribution in [2.75, 3.05) is 0 Å². The first-order chi connectivity index (χ1) is 14.8. The van der Waals surface area contributed by atoms with Crippen LogP contribution in [0.25, 0.3) is 0 Å². The van der Waals surface area contributed by atoms with Gasteiger partial charge in [-0.1, -0.05) is 32.1 Å². The van der Waals surface area contributed by atoms with Crippen LogP contribution in [0.4, 0.5) is 74.6 Å². The molecule has 0 spiro atoms. The van der Waals surface area contributed by atoms with Gasteiger partial charge in [0.25, 0.3) is 11.3 Å². The fraction of sp³-hybridized carbons (Fsp3) is 1.00. The minimum atomic E-state index is -8.27. The number of hydrogen-bond donors (Lipinski definition) is 0. The fourth-order valence-electron chi connectivity index (χ4n) is 5.13. The molecule has 3 rings (SSSR count). The summed E-state index contributed by atoms with van der Waals surface area (Å²) in [6.07, 6.45) is -4.12. The van der Waals surface area contributed by atoms with Gasteiger partial charge in [-0.3, -0.25) is 0 Å². The van der Waals surface area contributed by atoms with Gasteiger partial charge in [0, 0.05) is 0 Å². The maximum absolute atomic E-state index is 15.6. The molecule has 200 valence electrons. The second-order valence-corrected chi connectivity index (χ2v) is 8.85. The number of rotatable bonds is 2. The number of hydrogen-bond acceptors (Lipinski definition) is 0. The lowest BCUT2D eigenvalue weighted by atomic mass is 9.49. The van der Waals surface area contributed by atoms with Crippen LogP contribution in [0.5, 0.6) is 0 Å². The molecule has 0 aromatic carbocycles. The summed E-state index contributed by atoms with van der Waals surface area (Å²) >= 11 is 0. The summed E-state index contributed by atoms with van der Waals surface area (Å²) < 4.78 is 244. The molecular weight excluding hydrogens is 527 g/mol. The quantitative estimate of drug-likeness (QED) is 0.318. The number of alkyl halides is 17. The molecule has 0 heterocycles. The zero-order chi connectivity index (χ0) is 26.8. The summed E-state index contributed by atoms with van der Waals surface area (Å²) in [7, 11) is 0. The summed E-state index contributed by atoms with van der Waals surface area (Å²) in [5, 5.41) is 0. The van der Waals surface area contributed by atoms with Crippen LogP contribution >= 0.6 is 0 Å². The summed E-state index contributed by atoms with van der Waals surface area (Å²) in [5.41, 5.74) is -23.2. The van der Waals surface area contributed by atoms with Gasteiger partial charge in [-0.25, -0.2) is 13.2 Å². The Labute approximate surface area is 178 Å². The molecule has 0 aromatic heterocycles. The Morgan fingerprint density at radius 2 is 0.706 bits per heavy atom. The Kier molecular flexibility index (Phi) is 5.29. The first-order valence-corrected chi connectivity index (χ1v) is 9.54. The molecule has 0 nitrogen and oxygen atoms in total. The molecule has 0 bridgehead atoms. The molecular formula is C17H13F17. The Bertz CT molecular complexity index is 833. The van der Waals surface area contributed by atoms with Gasteiger partial charge in [0.05, 0.1) is 0 Å². The molecule has 0 radical (unpaired) electrons. The fourth-order valence-corrected chi connectivity index (χ4v) is 5.13. The standard InChI is InChI=1S/C17H13F17/c18-8(6-7-4-2-1-3-5-7)9(19)10(20,13(25,26)15(29,30)11(8,21)22)14(27,28)17(33,34)16(31,32)12(9,23)24/h7H,1-6H2. The average Bonchev–Trinajstić information content (AvgIpc) is 2.70. The van der Waals surface area contributed by atoms with E-state index in [1.807, 2.05) is 0 Å². The van der Waals surface area contributed by atoms with Crippen LogP contribution in [-0.2, 0) is 0 Å². The maximum Gasteiger partial charge on any atom is 0.382 e. The van der Waals surface area contributed by atoms with E-state index in [1.165, 1.54) is 0 Å². The van der Waals surface area contributed by atoms with Crippen molar-refractivity contribution in [3.05, 3.63) is 0 Å². The van der Waals surface area contributed by atoms with Crippen LogP contribution in [0.2, 0.25) is 0 Å².